The van der Waals surface area contributed by atoms with Crippen LogP contribution in [-0.2, 0) is 9.59 Å². The normalized spacial score (nSPS) is 15.4. The number of rotatable bonds is 9. The lowest BCUT2D eigenvalue weighted by Crippen LogP contribution is -2.51. The Morgan fingerprint density at radius 3 is 2.33 bits per heavy atom. The summed E-state index contributed by atoms with van der Waals surface area (Å²) in [7, 11) is 0. The lowest BCUT2D eigenvalue weighted by molar-refractivity contribution is -0.157. The van der Waals surface area contributed by atoms with E-state index >= 15 is 0 Å². The van der Waals surface area contributed by atoms with E-state index in [1.54, 1.807) is 6.92 Å². The lowest BCUT2D eigenvalue weighted by Gasteiger charge is -2.38. The molecular weight excluding hydrogens is 346 g/mol. The largest absolute Gasteiger partial charge is 0.368 e. The Labute approximate surface area is 160 Å². The van der Waals surface area contributed by atoms with Crippen molar-refractivity contribution in [3.8, 4) is 0 Å². The third-order valence-electron chi connectivity index (χ3n) is 5.01. The molecule has 0 spiro atoms. The van der Waals surface area contributed by atoms with Crippen molar-refractivity contribution in [3.05, 3.63) is 29.8 Å². The van der Waals surface area contributed by atoms with Gasteiger partial charge in [0.25, 0.3) is 0 Å². The van der Waals surface area contributed by atoms with Crippen LogP contribution in [0.25, 0.3) is 0 Å². The van der Waals surface area contributed by atoms with Crippen molar-refractivity contribution in [1.82, 2.24) is 9.96 Å². The molecule has 0 aromatic heterocycles. The van der Waals surface area contributed by atoms with E-state index in [1.165, 1.54) is 0 Å². The smallest absolute Gasteiger partial charge is 0.233 e. The predicted molar refractivity (Wildman–Crippen MR) is 103 cm³/mol. The summed E-state index contributed by atoms with van der Waals surface area (Å²) in [5, 5.41) is 10.0. The fourth-order valence-electron chi connectivity index (χ4n) is 3.36. The average Bonchev–Trinajstić information content (AvgIpc) is 2.70. The molecule has 1 fully saturated rings. The third-order valence-corrected chi connectivity index (χ3v) is 5.01. The van der Waals surface area contributed by atoms with Gasteiger partial charge in [0.15, 0.2) is 5.78 Å². The molecular formula is C20H29N3O4. The van der Waals surface area contributed by atoms with Gasteiger partial charge in [-0.3, -0.25) is 19.6 Å². The van der Waals surface area contributed by atoms with Crippen LogP contribution in [-0.4, -0.2) is 66.0 Å². The molecule has 0 bridgehead atoms. The van der Waals surface area contributed by atoms with Crippen LogP contribution in [0.1, 0.15) is 43.5 Å². The van der Waals surface area contributed by atoms with Gasteiger partial charge >= 0.3 is 0 Å². The molecule has 1 aliphatic heterocycles. The van der Waals surface area contributed by atoms with Gasteiger partial charge in [0.05, 0.1) is 12.5 Å². The number of Topliss-reactive ketones (excluding diaryl/α,β-unsaturated/α-hetero) is 1. The highest BCUT2D eigenvalue weighted by Gasteiger charge is 2.28. The second-order valence-corrected chi connectivity index (χ2v) is 6.98. The van der Waals surface area contributed by atoms with E-state index in [-0.39, 0.29) is 24.2 Å². The van der Waals surface area contributed by atoms with Crippen molar-refractivity contribution in [2.24, 2.45) is 5.92 Å². The molecule has 0 radical (unpaired) electrons. The van der Waals surface area contributed by atoms with E-state index in [0.717, 1.165) is 18.5 Å². The van der Waals surface area contributed by atoms with E-state index in [1.807, 2.05) is 36.1 Å². The minimum absolute atomic E-state index is 0.00377. The Bertz CT molecular complexity index is 639. The van der Waals surface area contributed by atoms with Gasteiger partial charge in [0.2, 0.25) is 12.3 Å². The van der Waals surface area contributed by atoms with Crippen LogP contribution in [0.4, 0.5) is 5.69 Å². The fraction of sp³-hybridized carbons (Fsp3) is 0.550. The van der Waals surface area contributed by atoms with Crippen molar-refractivity contribution < 1.29 is 19.6 Å². The maximum Gasteiger partial charge on any atom is 0.233 e. The molecule has 1 aliphatic rings. The number of unbranched alkanes of at least 4 members (excludes halogenated alkanes) is 1. The highest BCUT2D eigenvalue weighted by atomic mass is 16.5. The first kappa shape index (κ1) is 20.9. The summed E-state index contributed by atoms with van der Waals surface area (Å²) in [4.78, 5) is 38.9. The van der Waals surface area contributed by atoms with Crippen LogP contribution in [0, 0.1) is 5.92 Å². The molecule has 1 N–H and O–H groups in total. The molecule has 2 rings (SSSR count). The van der Waals surface area contributed by atoms with Crippen molar-refractivity contribution in [2.45, 2.75) is 33.1 Å². The molecule has 0 unspecified atom stereocenters. The number of hydroxylamine groups is 2. The molecule has 1 atom stereocenters. The van der Waals surface area contributed by atoms with Crippen LogP contribution in [0.2, 0.25) is 0 Å². The van der Waals surface area contributed by atoms with Crippen molar-refractivity contribution in [2.75, 3.05) is 37.6 Å². The molecule has 7 nitrogen and oxygen atoms in total. The standard InChI is InChI=1S/C20H29N3O4/c1-3-4-5-18(14-23(27)15-24)20(26)22-12-10-21(11-13-22)19-8-6-17(7-9-19)16(2)25/h6-9,15,18,27H,3-5,10-14H2,1-2H3/t18-/m1/s1. The average molecular weight is 375 g/mol. The Morgan fingerprint density at radius 2 is 1.81 bits per heavy atom. The number of piperazine rings is 1. The summed E-state index contributed by atoms with van der Waals surface area (Å²) in [5.74, 6) is -0.333. The second kappa shape index (κ2) is 10.1. The summed E-state index contributed by atoms with van der Waals surface area (Å²) >= 11 is 0. The Balaban J connectivity index is 1.94. The molecule has 0 saturated carbocycles. The summed E-state index contributed by atoms with van der Waals surface area (Å²) in [6.07, 6.45) is 2.84. The van der Waals surface area contributed by atoms with E-state index in [2.05, 4.69) is 4.90 Å². The second-order valence-electron chi connectivity index (χ2n) is 6.98. The van der Waals surface area contributed by atoms with E-state index in [4.69, 9.17) is 0 Å². The molecule has 7 heteroatoms. The predicted octanol–water partition coefficient (Wildman–Crippen LogP) is 2.19. The number of carbonyl (C=O) groups excluding carboxylic acids is 3. The highest BCUT2D eigenvalue weighted by molar-refractivity contribution is 5.94. The first-order chi connectivity index (χ1) is 13.0. The number of benzene rings is 1. The monoisotopic (exact) mass is 375 g/mol. The molecule has 1 heterocycles. The topological polar surface area (TPSA) is 81.2 Å². The Morgan fingerprint density at radius 1 is 1.19 bits per heavy atom. The molecule has 1 aromatic carbocycles. The first-order valence-corrected chi connectivity index (χ1v) is 9.51. The fourth-order valence-corrected chi connectivity index (χ4v) is 3.36. The van der Waals surface area contributed by atoms with Crippen LogP contribution >= 0.6 is 0 Å². The van der Waals surface area contributed by atoms with Crippen LogP contribution < -0.4 is 4.90 Å². The van der Waals surface area contributed by atoms with Gasteiger partial charge in [-0.25, -0.2) is 5.06 Å². The number of carbonyl (C=O) groups is 3. The number of hydrogen-bond acceptors (Lipinski definition) is 5. The molecule has 148 valence electrons. The SMILES string of the molecule is CCCC[C@H](CN(O)C=O)C(=O)N1CCN(c2ccc(C(C)=O)cc2)CC1. The first-order valence-electron chi connectivity index (χ1n) is 9.51. The van der Waals surface area contributed by atoms with Gasteiger partial charge in [-0.1, -0.05) is 19.8 Å². The third kappa shape index (κ3) is 5.79. The Hall–Kier alpha value is -2.41. The number of anilines is 1. The van der Waals surface area contributed by atoms with Crippen molar-refractivity contribution in [1.29, 1.82) is 0 Å². The maximum absolute atomic E-state index is 12.8. The number of nitrogens with zero attached hydrogens (tertiary/aromatic N) is 3. The van der Waals surface area contributed by atoms with E-state index in [9.17, 15) is 19.6 Å². The van der Waals surface area contributed by atoms with Crippen LogP contribution in [0.5, 0.6) is 0 Å². The summed E-state index contributed by atoms with van der Waals surface area (Å²) in [5.41, 5.74) is 1.73. The van der Waals surface area contributed by atoms with Gasteiger partial charge in [-0.2, -0.15) is 0 Å². The summed E-state index contributed by atoms with van der Waals surface area (Å²) in [6, 6.07) is 7.52. The number of hydrogen-bond donors (Lipinski definition) is 1. The van der Waals surface area contributed by atoms with Crippen molar-refractivity contribution in [3.63, 3.8) is 0 Å². The summed E-state index contributed by atoms with van der Waals surface area (Å²) < 4.78 is 0. The highest BCUT2D eigenvalue weighted by Crippen LogP contribution is 2.20. The number of ketones is 1. The maximum atomic E-state index is 12.8. The van der Waals surface area contributed by atoms with Crippen LogP contribution in [0.15, 0.2) is 24.3 Å². The van der Waals surface area contributed by atoms with Crippen LogP contribution in [0.3, 0.4) is 0 Å². The lowest BCUT2D eigenvalue weighted by atomic mass is 9.99. The minimum Gasteiger partial charge on any atom is -0.368 e. The zero-order chi connectivity index (χ0) is 19.8. The zero-order valence-corrected chi connectivity index (χ0v) is 16.1. The number of amides is 2. The zero-order valence-electron chi connectivity index (χ0n) is 16.1. The van der Waals surface area contributed by atoms with Gasteiger partial charge in [-0.05, 0) is 37.6 Å². The van der Waals surface area contributed by atoms with Gasteiger partial charge in [0.1, 0.15) is 0 Å². The quantitative estimate of drug-likeness (QED) is 0.310. The summed E-state index contributed by atoms with van der Waals surface area (Å²) in [6.45, 7) is 6.25. The van der Waals surface area contributed by atoms with Gasteiger partial charge < -0.3 is 9.80 Å². The Kier molecular flexibility index (Phi) is 7.79. The van der Waals surface area contributed by atoms with E-state index < -0.39 is 0 Å². The van der Waals surface area contributed by atoms with Crippen molar-refractivity contribution >= 4 is 23.8 Å². The molecule has 1 aromatic rings. The van der Waals surface area contributed by atoms with Gasteiger partial charge in [-0.15, -0.1) is 0 Å². The molecule has 0 aliphatic carbocycles. The van der Waals surface area contributed by atoms with E-state index in [0.29, 0.717) is 49.6 Å². The molecule has 2 amide bonds. The van der Waals surface area contributed by atoms with Gasteiger partial charge in [0, 0.05) is 37.4 Å². The molecule has 1 saturated heterocycles. The molecule has 27 heavy (non-hydrogen) atoms. The minimum atomic E-state index is -0.374.